The fraction of sp³-hybridized carbons (Fsp3) is 0.467. The number of methoxy groups -OCH3 is 1. The lowest BCUT2D eigenvalue weighted by molar-refractivity contribution is -0.146. The number of esters is 1. The molecule has 0 aliphatic carbocycles. The summed E-state index contributed by atoms with van der Waals surface area (Å²) in [6.45, 7) is 0.320. The molecule has 0 aromatic heterocycles. The maximum Gasteiger partial charge on any atom is 0.330 e. The summed E-state index contributed by atoms with van der Waals surface area (Å²) in [5.74, 6) is -0.907. The summed E-state index contributed by atoms with van der Waals surface area (Å²) < 4.78 is 4.55. The van der Waals surface area contributed by atoms with Gasteiger partial charge in [0.2, 0.25) is 5.91 Å². The lowest BCUT2D eigenvalue weighted by Gasteiger charge is -2.27. The van der Waals surface area contributed by atoms with Crippen molar-refractivity contribution in [3.8, 4) is 0 Å². The number of hydrogen-bond acceptors (Lipinski definition) is 5. The van der Waals surface area contributed by atoms with Gasteiger partial charge in [0, 0.05) is 12.2 Å². The Kier molecular flexibility index (Phi) is 5.16. The number of para-hydroxylation sites is 1. The van der Waals surface area contributed by atoms with E-state index in [4.69, 9.17) is 0 Å². The molecule has 0 unspecified atom stereocenters. The highest BCUT2D eigenvalue weighted by molar-refractivity contribution is 5.90. The minimum atomic E-state index is -1.01. The van der Waals surface area contributed by atoms with Crippen LogP contribution in [0.15, 0.2) is 30.3 Å². The van der Waals surface area contributed by atoms with Crippen molar-refractivity contribution in [1.29, 1.82) is 0 Å². The SMILES string of the molecule is COC(=O)[C@H](CO)NC(=O)[C@H]1CCCN1c1ccccc1. The van der Waals surface area contributed by atoms with Gasteiger partial charge in [0.05, 0.1) is 13.7 Å². The molecule has 2 N–H and O–H groups in total. The zero-order chi connectivity index (χ0) is 15.2. The maximum absolute atomic E-state index is 12.3. The standard InChI is InChI=1S/C15H20N2O4/c1-21-15(20)12(10-18)16-14(19)13-8-5-9-17(13)11-6-3-2-4-7-11/h2-4,6-7,12-13,18H,5,8-10H2,1H3,(H,16,19)/t12-,13+/m0/s1. The zero-order valence-corrected chi connectivity index (χ0v) is 12.0. The molecule has 21 heavy (non-hydrogen) atoms. The first-order chi connectivity index (χ1) is 10.2. The molecule has 1 saturated heterocycles. The molecule has 1 aliphatic heterocycles. The molecule has 0 bridgehead atoms. The van der Waals surface area contributed by atoms with Gasteiger partial charge in [0.1, 0.15) is 6.04 Å². The van der Waals surface area contributed by atoms with Gasteiger partial charge in [0.15, 0.2) is 6.04 Å². The summed E-state index contributed by atoms with van der Waals surface area (Å²) in [5.41, 5.74) is 0.980. The number of hydrogen-bond donors (Lipinski definition) is 2. The molecule has 2 rings (SSSR count). The van der Waals surface area contributed by atoms with Crippen LogP contribution < -0.4 is 10.2 Å². The van der Waals surface area contributed by atoms with Gasteiger partial charge in [0.25, 0.3) is 0 Å². The Bertz CT molecular complexity index is 492. The molecular weight excluding hydrogens is 272 g/mol. The number of ether oxygens (including phenoxy) is 1. The topological polar surface area (TPSA) is 78.9 Å². The normalized spacial score (nSPS) is 19.1. The molecule has 114 valence electrons. The molecule has 1 aromatic rings. The second-order valence-electron chi connectivity index (χ2n) is 4.95. The molecule has 0 spiro atoms. The van der Waals surface area contributed by atoms with E-state index in [0.717, 1.165) is 25.1 Å². The summed E-state index contributed by atoms with van der Waals surface area (Å²) in [6, 6.07) is 8.34. The Morgan fingerprint density at radius 2 is 2.14 bits per heavy atom. The van der Waals surface area contributed by atoms with Gasteiger partial charge < -0.3 is 20.1 Å². The van der Waals surface area contributed by atoms with Crippen LogP contribution in [0.2, 0.25) is 0 Å². The molecule has 1 heterocycles. The predicted octanol–water partition coefficient (Wildman–Crippen LogP) is 0.306. The van der Waals surface area contributed by atoms with Crippen molar-refractivity contribution in [1.82, 2.24) is 5.32 Å². The van der Waals surface area contributed by atoms with Crippen molar-refractivity contribution in [2.45, 2.75) is 24.9 Å². The largest absolute Gasteiger partial charge is 0.467 e. The summed E-state index contributed by atoms with van der Waals surface area (Å²) in [4.78, 5) is 25.8. The van der Waals surface area contributed by atoms with Crippen LogP contribution in [-0.2, 0) is 14.3 Å². The van der Waals surface area contributed by atoms with E-state index in [1.165, 1.54) is 7.11 Å². The van der Waals surface area contributed by atoms with Crippen molar-refractivity contribution in [2.24, 2.45) is 0 Å². The number of aliphatic hydroxyl groups is 1. The number of amides is 1. The number of nitrogens with zero attached hydrogens (tertiary/aromatic N) is 1. The Hall–Kier alpha value is -2.08. The van der Waals surface area contributed by atoms with E-state index in [-0.39, 0.29) is 11.9 Å². The number of rotatable bonds is 5. The van der Waals surface area contributed by atoms with E-state index < -0.39 is 18.6 Å². The summed E-state index contributed by atoms with van der Waals surface area (Å²) >= 11 is 0. The Labute approximate surface area is 123 Å². The summed E-state index contributed by atoms with van der Waals surface area (Å²) in [7, 11) is 1.23. The molecule has 2 atom stereocenters. The van der Waals surface area contributed by atoms with Gasteiger partial charge >= 0.3 is 5.97 Å². The van der Waals surface area contributed by atoms with Gasteiger partial charge in [-0.15, -0.1) is 0 Å². The van der Waals surface area contributed by atoms with Crippen LogP contribution >= 0.6 is 0 Å². The van der Waals surface area contributed by atoms with Crippen LogP contribution in [0.5, 0.6) is 0 Å². The summed E-state index contributed by atoms with van der Waals surface area (Å²) in [5, 5.41) is 11.7. The van der Waals surface area contributed by atoms with Crippen molar-refractivity contribution >= 4 is 17.6 Å². The maximum atomic E-state index is 12.3. The van der Waals surface area contributed by atoms with Crippen molar-refractivity contribution in [2.75, 3.05) is 25.2 Å². The van der Waals surface area contributed by atoms with Gasteiger partial charge in [-0.2, -0.15) is 0 Å². The van der Waals surface area contributed by atoms with Crippen LogP contribution in [0.25, 0.3) is 0 Å². The van der Waals surface area contributed by atoms with Crippen LogP contribution in [0.1, 0.15) is 12.8 Å². The third kappa shape index (κ3) is 3.52. The van der Waals surface area contributed by atoms with Crippen LogP contribution in [-0.4, -0.2) is 49.3 Å². The van der Waals surface area contributed by atoms with E-state index >= 15 is 0 Å². The Morgan fingerprint density at radius 1 is 1.43 bits per heavy atom. The fourth-order valence-electron chi connectivity index (χ4n) is 2.56. The third-order valence-electron chi connectivity index (χ3n) is 3.63. The van der Waals surface area contributed by atoms with Crippen LogP contribution in [0.4, 0.5) is 5.69 Å². The molecular formula is C15H20N2O4. The molecule has 0 saturated carbocycles. The Balaban J connectivity index is 2.06. The van der Waals surface area contributed by atoms with Crippen molar-refractivity contribution in [3.05, 3.63) is 30.3 Å². The highest BCUT2D eigenvalue weighted by atomic mass is 16.5. The molecule has 1 aliphatic rings. The lowest BCUT2D eigenvalue weighted by Crippen LogP contribution is -2.51. The fourth-order valence-corrected chi connectivity index (χ4v) is 2.56. The zero-order valence-electron chi connectivity index (χ0n) is 12.0. The number of aliphatic hydroxyl groups excluding tert-OH is 1. The molecule has 1 aromatic carbocycles. The number of nitrogens with one attached hydrogen (secondary N) is 1. The molecule has 0 radical (unpaired) electrons. The molecule has 6 nitrogen and oxygen atoms in total. The summed E-state index contributed by atoms with van der Waals surface area (Å²) in [6.07, 6.45) is 1.63. The average molecular weight is 292 g/mol. The highest BCUT2D eigenvalue weighted by Crippen LogP contribution is 2.25. The highest BCUT2D eigenvalue weighted by Gasteiger charge is 2.33. The van der Waals surface area contributed by atoms with Gasteiger partial charge in [-0.25, -0.2) is 4.79 Å². The minimum absolute atomic E-state index is 0.263. The van der Waals surface area contributed by atoms with E-state index in [2.05, 4.69) is 10.1 Å². The predicted molar refractivity (Wildman–Crippen MR) is 77.8 cm³/mol. The molecule has 1 amide bonds. The molecule has 6 heteroatoms. The van der Waals surface area contributed by atoms with Crippen LogP contribution in [0, 0.1) is 0 Å². The first kappa shape index (κ1) is 15.3. The smallest absolute Gasteiger partial charge is 0.330 e. The number of benzene rings is 1. The third-order valence-corrected chi connectivity index (χ3v) is 3.63. The van der Waals surface area contributed by atoms with Crippen LogP contribution in [0.3, 0.4) is 0 Å². The first-order valence-electron chi connectivity index (χ1n) is 6.98. The van der Waals surface area contributed by atoms with E-state index in [1.807, 2.05) is 35.2 Å². The van der Waals surface area contributed by atoms with E-state index in [0.29, 0.717) is 0 Å². The lowest BCUT2D eigenvalue weighted by atomic mass is 10.1. The van der Waals surface area contributed by atoms with E-state index in [1.54, 1.807) is 0 Å². The number of carbonyl (C=O) groups is 2. The van der Waals surface area contributed by atoms with Crippen molar-refractivity contribution in [3.63, 3.8) is 0 Å². The quantitative estimate of drug-likeness (QED) is 0.763. The monoisotopic (exact) mass is 292 g/mol. The number of carbonyl (C=O) groups excluding carboxylic acids is 2. The van der Waals surface area contributed by atoms with Gasteiger partial charge in [-0.3, -0.25) is 4.79 Å². The van der Waals surface area contributed by atoms with Gasteiger partial charge in [-0.1, -0.05) is 18.2 Å². The van der Waals surface area contributed by atoms with Gasteiger partial charge in [-0.05, 0) is 25.0 Å². The average Bonchev–Trinajstić information content (AvgIpc) is 3.02. The molecule has 1 fully saturated rings. The number of anilines is 1. The first-order valence-corrected chi connectivity index (χ1v) is 6.98. The minimum Gasteiger partial charge on any atom is -0.467 e. The van der Waals surface area contributed by atoms with Crippen molar-refractivity contribution < 1.29 is 19.4 Å². The second-order valence-corrected chi connectivity index (χ2v) is 4.95. The Morgan fingerprint density at radius 3 is 2.76 bits per heavy atom. The second kappa shape index (κ2) is 7.08. The van der Waals surface area contributed by atoms with E-state index in [9.17, 15) is 14.7 Å².